The first-order valence-corrected chi connectivity index (χ1v) is 8.36. The molecular formula is C16H16N2O2S. The lowest BCUT2D eigenvalue weighted by molar-refractivity contribution is 0.602. The Labute approximate surface area is 125 Å². The van der Waals surface area contributed by atoms with Crippen LogP contribution >= 0.6 is 0 Å². The summed E-state index contributed by atoms with van der Waals surface area (Å²) in [6.07, 6.45) is 1.19. The van der Waals surface area contributed by atoms with Gasteiger partial charge in [0.1, 0.15) is 0 Å². The van der Waals surface area contributed by atoms with Crippen LogP contribution in [-0.4, -0.2) is 14.7 Å². The monoisotopic (exact) mass is 300 g/mol. The van der Waals surface area contributed by atoms with Crippen molar-refractivity contribution in [3.05, 3.63) is 59.7 Å². The second-order valence-electron chi connectivity index (χ2n) is 4.87. The zero-order valence-electron chi connectivity index (χ0n) is 11.9. The lowest BCUT2D eigenvalue weighted by atomic mass is 10.1. The van der Waals surface area contributed by atoms with Crippen molar-refractivity contribution in [1.29, 1.82) is 5.26 Å². The predicted octanol–water partition coefficient (Wildman–Crippen LogP) is 3.13. The summed E-state index contributed by atoms with van der Waals surface area (Å²) in [6, 6.07) is 16.0. The molecule has 21 heavy (non-hydrogen) atoms. The van der Waals surface area contributed by atoms with Gasteiger partial charge in [0.05, 0.1) is 22.2 Å². The number of rotatable bonds is 4. The van der Waals surface area contributed by atoms with Crippen molar-refractivity contribution in [3.63, 3.8) is 0 Å². The van der Waals surface area contributed by atoms with Crippen molar-refractivity contribution in [2.75, 3.05) is 11.6 Å². The highest BCUT2D eigenvalue weighted by atomic mass is 32.2. The molecule has 5 heteroatoms. The topological polar surface area (TPSA) is 70.0 Å². The summed E-state index contributed by atoms with van der Waals surface area (Å²) in [4.78, 5) is 0.283. The molecule has 0 spiro atoms. The number of anilines is 1. The first kappa shape index (κ1) is 15.1. The largest absolute Gasteiger partial charge is 0.377 e. The molecule has 0 saturated carbocycles. The van der Waals surface area contributed by atoms with Crippen molar-refractivity contribution < 1.29 is 8.42 Å². The SMILES string of the molecule is CC(Nc1ccccc1S(C)(=O)=O)c1ccc(C#N)cc1. The Morgan fingerprint density at radius 3 is 2.29 bits per heavy atom. The van der Waals surface area contributed by atoms with Crippen molar-refractivity contribution in [2.24, 2.45) is 0 Å². The van der Waals surface area contributed by atoms with Gasteiger partial charge in [-0.3, -0.25) is 0 Å². The van der Waals surface area contributed by atoms with Gasteiger partial charge >= 0.3 is 0 Å². The zero-order chi connectivity index (χ0) is 15.5. The number of nitrogens with one attached hydrogen (secondary N) is 1. The van der Waals surface area contributed by atoms with Crippen molar-refractivity contribution in [2.45, 2.75) is 17.9 Å². The summed E-state index contributed by atoms with van der Waals surface area (Å²) in [7, 11) is -3.28. The van der Waals surface area contributed by atoms with E-state index in [-0.39, 0.29) is 10.9 Å². The van der Waals surface area contributed by atoms with Crippen LogP contribution < -0.4 is 5.32 Å². The van der Waals surface area contributed by atoms with Gasteiger partial charge in [-0.2, -0.15) is 5.26 Å². The summed E-state index contributed by atoms with van der Waals surface area (Å²) in [5.41, 5.74) is 2.16. The van der Waals surface area contributed by atoms with Crippen LogP contribution in [0.25, 0.3) is 0 Å². The predicted molar refractivity (Wildman–Crippen MR) is 82.7 cm³/mol. The molecule has 1 N–H and O–H groups in total. The number of nitrogens with zero attached hydrogens (tertiary/aromatic N) is 1. The Balaban J connectivity index is 2.28. The first-order chi connectivity index (χ1) is 9.91. The molecule has 0 fully saturated rings. The molecule has 2 aromatic carbocycles. The van der Waals surface area contributed by atoms with Crippen molar-refractivity contribution in [3.8, 4) is 6.07 Å². The van der Waals surface area contributed by atoms with Gasteiger partial charge in [-0.15, -0.1) is 0 Å². The minimum atomic E-state index is -3.28. The number of hydrogen-bond donors (Lipinski definition) is 1. The Morgan fingerprint density at radius 2 is 1.71 bits per heavy atom. The fourth-order valence-electron chi connectivity index (χ4n) is 2.07. The molecule has 2 aromatic rings. The van der Waals surface area contributed by atoms with E-state index in [2.05, 4.69) is 11.4 Å². The third kappa shape index (κ3) is 3.61. The van der Waals surface area contributed by atoms with E-state index in [0.717, 1.165) is 5.56 Å². The van der Waals surface area contributed by atoms with Gasteiger partial charge in [0.2, 0.25) is 0 Å². The molecule has 0 amide bonds. The molecule has 0 heterocycles. The Morgan fingerprint density at radius 1 is 1.10 bits per heavy atom. The Hall–Kier alpha value is -2.32. The van der Waals surface area contributed by atoms with Crippen molar-refractivity contribution >= 4 is 15.5 Å². The van der Waals surface area contributed by atoms with Crippen LogP contribution in [0.2, 0.25) is 0 Å². The van der Waals surface area contributed by atoms with Crippen LogP contribution in [0.4, 0.5) is 5.69 Å². The van der Waals surface area contributed by atoms with Gasteiger partial charge < -0.3 is 5.32 Å². The number of sulfone groups is 1. The number of nitriles is 1. The summed E-state index contributed by atoms with van der Waals surface area (Å²) in [5, 5.41) is 12.0. The van der Waals surface area contributed by atoms with Gasteiger partial charge in [0.15, 0.2) is 9.84 Å². The lowest BCUT2D eigenvalue weighted by Gasteiger charge is -2.18. The minimum Gasteiger partial charge on any atom is -0.377 e. The highest BCUT2D eigenvalue weighted by Crippen LogP contribution is 2.25. The standard InChI is InChI=1S/C16H16N2O2S/c1-12(14-9-7-13(11-17)8-10-14)18-15-5-3-4-6-16(15)21(2,19)20/h3-10,12,18H,1-2H3. The fourth-order valence-corrected chi connectivity index (χ4v) is 2.92. The molecule has 0 radical (unpaired) electrons. The molecule has 108 valence electrons. The molecule has 0 aliphatic carbocycles. The van der Waals surface area contributed by atoms with Crippen LogP contribution in [0.1, 0.15) is 24.1 Å². The summed E-state index contributed by atoms with van der Waals surface area (Å²) >= 11 is 0. The second-order valence-corrected chi connectivity index (χ2v) is 6.85. The van der Waals surface area contributed by atoms with E-state index >= 15 is 0 Å². The Bertz CT molecular complexity index is 775. The van der Waals surface area contributed by atoms with Gasteiger partial charge in [-0.25, -0.2) is 8.42 Å². The molecule has 0 saturated heterocycles. The molecule has 0 aliphatic rings. The number of benzene rings is 2. The van der Waals surface area contributed by atoms with Crippen molar-refractivity contribution in [1.82, 2.24) is 0 Å². The third-order valence-corrected chi connectivity index (χ3v) is 4.35. The van der Waals surface area contributed by atoms with Crippen LogP contribution in [0, 0.1) is 11.3 Å². The van der Waals surface area contributed by atoms with Crippen LogP contribution in [0.3, 0.4) is 0 Å². The summed E-state index contributed by atoms with van der Waals surface area (Å²) in [5.74, 6) is 0. The van der Waals surface area contributed by atoms with Crippen LogP contribution in [-0.2, 0) is 9.84 Å². The molecule has 1 atom stereocenters. The molecule has 2 rings (SSSR count). The zero-order valence-corrected chi connectivity index (χ0v) is 12.7. The smallest absolute Gasteiger partial charge is 0.177 e. The third-order valence-electron chi connectivity index (χ3n) is 3.20. The van der Waals surface area contributed by atoms with Gasteiger partial charge in [0.25, 0.3) is 0 Å². The number of para-hydroxylation sites is 1. The summed E-state index contributed by atoms with van der Waals surface area (Å²) < 4.78 is 23.6. The van der Waals surface area contributed by atoms with E-state index in [0.29, 0.717) is 11.3 Å². The van der Waals surface area contributed by atoms with Crippen LogP contribution in [0.5, 0.6) is 0 Å². The highest BCUT2D eigenvalue weighted by Gasteiger charge is 2.14. The molecule has 0 bridgehead atoms. The molecule has 4 nitrogen and oxygen atoms in total. The maximum absolute atomic E-state index is 11.8. The molecule has 0 aromatic heterocycles. The van der Waals surface area contributed by atoms with Gasteiger partial charge in [0, 0.05) is 12.3 Å². The lowest BCUT2D eigenvalue weighted by Crippen LogP contribution is -2.10. The maximum atomic E-state index is 11.8. The van der Waals surface area contributed by atoms with Gasteiger partial charge in [-0.05, 0) is 36.8 Å². The quantitative estimate of drug-likeness (QED) is 0.941. The average Bonchev–Trinajstić information content (AvgIpc) is 2.47. The molecular weight excluding hydrogens is 284 g/mol. The van der Waals surface area contributed by atoms with E-state index in [1.165, 1.54) is 6.26 Å². The van der Waals surface area contributed by atoms with E-state index in [9.17, 15) is 8.42 Å². The molecule has 0 aliphatic heterocycles. The molecule has 1 unspecified atom stereocenters. The second kappa shape index (κ2) is 5.98. The van der Waals surface area contributed by atoms with E-state index in [1.807, 2.05) is 19.1 Å². The van der Waals surface area contributed by atoms with Crippen LogP contribution in [0.15, 0.2) is 53.4 Å². The number of hydrogen-bond acceptors (Lipinski definition) is 4. The summed E-state index contributed by atoms with van der Waals surface area (Å²) in [6.45, 7) is 1.94. The minimum absolute atomic E-state index is 0.0688. The van der Waals surface area contributed by atoms with Gasteiger partial charge in [-0.1, -0.05) is 24.3 Å². The fraction of sp³-hybridized carbons (Fsp3) is 0.188. The Kier molecular flexibility index (Phi) is 4.29. The highest BCUT2D eigenvalue weighted by molar-refractivity contribution is 7.90. The average molecular weight is 300 g/mol. The van der Waals surface area contributed by atoms with E-state index in [1.54, 1.807) is 36.4 Å². The maximum Gasteiger partial charge on any atom is 0.177 e. The van der Waals surface area contributed by atoms with E-state index in [4.69, 9.17) is 5.26 Å². The van der Waals surface area contributed by atoms with E-state index < -0.39 is 9.84 Å². The first-order valence-electron chi connectivity index (χ1n) is 6.47. The normalized spacial score (nSPS) is 12.4.